The van der Waals surface area contributed by atoms with Gasteiger partial charge in [0.25, 0.3) is 0 Å². The van der Waals surface area contributed by atoms with Gasteiger partial charge in [0.15, 0.2) is 0 Å². The first-order valence-corrected chi connectivity index (χ1v) is 8.48. The number of nitrogens with zero attached hydrogens (tertiary/aromatic N) is 3. The van der Waals surface area contributed by atoms with Gasteiger partial charge in [0, 0.05) is 28.9 Å². The highest BCUT2D eigenvalue weighted by atomic mass is 14.8. The Morgan fingerprint density at radius 1 is 0.800 bits per heavy atom. The summed E-state index contributed by atoms with van der Waals surface area (Å²) in [7, 11) is 0. The standard InChI is InChI=1S/C22H19N3/c1-15(2)16-5-7-17(8-6-16)22-20-10-9-18(12-21(20)24-14-25-22)19-4-3-11-23-13-19/h3-15H,1-2H3. The van der Waals surface area contributed by atoms with Gasteiger partial charge in [0.05, 0.1) is 11.2 Å². The fourth-order valence-electron chi connectivity index (χ4n) is 3.03. The fourth-order valence-corrected chi connectivity index (χ4v) is 3.03. The highest BCUT2D eigenvalue weighted by Crippen LogP contribution is 2.29. The summed E-state index contributed by atoms with van der Waals surface area (Å²) < 4.78 is 0. The molecule has 0 amide bonds. The van der Waals surface area contributed by atoms with Crippen LogP contribution in [0.15, 0.2) is 73.3 Å². The number of hydrogen-bond acceptors (Lipinski definition) is 3. The summed E-state index contributed by atoms with van der Waals surface area (Å²) in [5.74, 6) is 0.526. The Morgan fingerprint density at radius 3 is 2.32 bits per heavy atom. The summed E-state index contributed by atoms with van der Waals surface area (Å²) in [4.78, 5) is 13.2. The summed E-state index contributed by atoms with van der Waals surface area (Å²) in [6, 6.07) is 19.0. The van der Waals surface area contributed by atoms with Crippen LogP contribution in [0.4, 0.5) is 0 Å². The molecule has 0 atom stereocenters. The number of pyridine rings is 1. The molecule has 0 radical (unpaired) electrons. The van der Waals surface area contributed by atoms with E-state index in [4.69, 9.17) is 0 Å². The molecule has 0 N–H and O–H groups in total. The number of fused-ring (bicyclic) bond motifs is 1. The second-order valence-electron chi connectivity index (χ2n) is 6.47. The van der Waals surface area contributed by atoms with Crippen molar-refractivity contribution in [1.29, 1.82) is 0 Å². The summed E-state index contributed by atoms with van der Waals surface area (Å²) in [5.41, 5.74) is 6.57. The number of benzene rings is 2. The van der Waals surface area contributed by atoms with Crippen LogP contribution < -0.4 is 0 Å². The van der Waals surface area contributed by atoms with Crippen molar-refractivity contribution in [2.75, 3.05) is 0 Å². The third-order valence-electron chi connectivity index (χ3n) is 4.48. The normalized spacial score (nSPS) is 11.2. The second kappa shape index (κ2) is 6.44. The Hall–Kier alpha value is -3.07. The van der Waals surface area contributed by atoms with Crippen molar-refractivity contribution < 1.29 is 0 Å². The van der Waals surface area contributed by atoms with Crippen molar-refractivity contribution >= 4 is 10.9 Å². The van der Waals surface area contributed by atoms with Crippen molar-refractivity contribution in [3.63, 3.8) is 0 Å². The molecule has 2 heterocycles. The molecular formula is C22H19N3. The summed E-state index contributed by atoms with van der Waals surface area (Å²) in [5, 5.41) is 1.06. The molecule has 0 aliphatic heterocycles. The Balaban J connectivity index is 1.80. The molecule has 0 aliphatic carbocycles. The number of hydrogen-bond donors (Lipinski definition) is 0. The molecule has 4 rings (SSSR count). The molecule has 0 spiro atoms. The molecule has 0 unspecified atom stereocenters. The average Bonchev–Trinajstić information content (AvgIpc) is 2.68. The van der Waals surface area contributed by atoms with Gasteiger partial charge in [0.1, 0.15) is 6.33 Å². The SMILES string of the molecule is CC(C)c1ccc(-c2ncnc3cc(-c4cccnc4)ccc23)cc1. The van der Waals surface area contributed by atoms with Crippen LogP contribution >= 0.6 is 0 Å². The Labute approximate surface area is 147 Å². The van der Waals surface area contributed by atoms with Crippen LogP contribution in [0.5, 0.6) is 0 Å². The molecule has 2 aromatic carbocycles. The maximum absolute atomic E-state index is 4.53. The number of aromatic nitrogens is 3. The average molecular weight is 325 g/mol. The molecule has 3 heteroatoms. The maximum Gasteiger partial charge on any atom is 0.116 e. The minimum Gasteiger partial charge on any atom is -0.264 e. The van der Waals surface area contributed by atoms with E-state index in [1.807, 2.05) is 12.3 Å². The molecule has 0 bridgehead atoms. The van der Waals surface area contributed by atoms with Gasteiger partial charge in [-0.15, -0.1) is 0 Å². The van der Waals surface area contributed by atoms with Gasteiger partial charge in [0.2, 0.25) is 0 Å². The monoisotopic (exact) mass is 325 g/mol. The molecule has 4 aromatic rings. The van der Waals surface area contributed by atoms with E-state index in [1.165, 1.54) is 5.56 Å². The summed E-state index contributed by atoms with van der Waals surface area (Å²) in [6.07, 6.45) is 5.29. The third kappa shape index (κ3) is 3.01. The Bertz CT molecular complexity index is 1010. The summed E-state index contributed by atoms with van der Waals surface area (Å²) in [6.45, 7) is 4.41. The lowest BCUT2D eigenvalue weighted by Gasteiger charge is -2.09. The first-order chi connectivity index (χ1) is 12.2. The van der Waals surface area contributed by atoms with Crippen LogP contribution in [-0.4, -0.2) is 15.0 Å². The highest BCUT2D eigenvalue weighted by Gasteiger charge is 2.09. The quantitative estimate of drug-likeness (QED) is 0.500. The molecule has 3 nitrogen and oxygen atoms in total. The molecular weight excluding hydrogens is 306 g/mol. The van der Waals surface area contributed by atoms with Crippen molar-refractivity contribution in [3.05, 3.63) is 78.9 Å². The van der Waals surface area contributed by atoms with E-state index in [2.05, 4.69) is 77.3 Å². The molecule has 0 aliphatic rings. The highest BCUT2D eigenvalue weighted by molar-refractivity contribution is 5.94. The van der Waals surface area contributed by atoms with Gasteiger partial charge < -0.3 is 0 Å². The second-order valence-corrected chi connectivity index (χ2v) is 6.47. The van der Waals surface area contributed by atoms with Gasteiger partial charge >= 0.3 is 0 Å². The third-order valence-corrected chi connectivity index (χ3v) is 4.48. The predicted octanol–water partition coefficient (Wildman–Crippen LogP) is 5.48. The van der Waals surface area contributed by atoms with Gasteiger partial charge in [-0.1, -0.05) is 50.2 Å². The van der Waals surface area contributed by atoms with E-state index in [0.29, 0.717) is 5.92 Å². The molecule has 122 valence electrons. The van der Waals surface area contributed by atoms with Crippen molar-refractivity contribution in [2.24, 2.45) is 0 Å². The van der Waals surface area contributed by atoms with Crippen LogP contribution in [0.1, 0.15) is 25.3 Å². The first-order valence-electron chi connectivity index (χ1n) is 8.48. The molecule has 0 saturated carbocycles. The van der Waals surface area contributed by atoms with Gasteiger partial charge in [-0.3, -0.25) is 4.98 Å². The van der Waals surface area contributed by atoms with E-state index in [0.717, 1.165) is 33.3 Å². The van der Waals surface area contributed by atoms with Crippen LogP contribution in [0.25, 0.3) is 33.3 Å². The van der Waals surface area contributed by atoms with Crippen molar-refractivity contribution in [2.45, 2.75) is 19.8 Å². The Kier molecular flexibility index (Phi) is 3.98. The van der Waals surface area contributed by atoms with Crippen molar-refractivity contribution in [3.8, 4) is 22.4 Å². The lowest BCUT2D eigenvalue weighted by atomic mass is 9.98. The van der Waals surface area contributed by atoms with Crippen LogP contribution in [0.2, 0.25) is 0 Å². The molecule has 25 heavy (non-hydrogen) atoms. The number of rotatable bonds is 3. The van der Waals surface area contributed by atoms with E-state index >= 15 is 0 Å². The Morgan fingerprint density at radius 2 is 1.60 bits per heavy atom. The lowest BCUT2D eigenvalue weighted by molar-refractivity contribution is 0.867. The minimum atomic E-state index is 0.526. The van der Waals surface area contributed by atoms with Crippen molar-refractivity contribution in [1.82, 2.24) is 15.0 Å². The smallest absolute Gasteiger partial charge is 0.116 e. The zero-order valence-corrected chi connectivity index (χ0v) is 14.3. The van der Waals surface area contributed by atoms with Gasteiger partial charge in [-0.05, 0) is 35.2 Å². The van der Waals surface area contributed by atoms with Crippen LogP contribution in [0, 0.1) is 0 Å². The van der Waals surface area contributed by atoms with Crippen LogP contribution in [0.3, 0.4) is 0 Å². The maximum atomic E-state index is 4.53. The molecule has 0 saturated heterocycles. The predicted molar refractivity (Wildman–Crippen MR) is 102 cm³/mol. The topological polar surface area (TPSA) is 38.7 Å². The van der Waals surface area contributed by atoms with E-state index < -0.39 is 0 Å². The first kappa shape index (κ1) is 15.5. The van der Waals surface area contributed by atoms with E-state index in [-0.39, 0.29) is 0 Å². The molecule has 2 aromatic heterocycles. The minimum absolute atomic E-state index is 0.526. The zero-order valence-electron chi connectivity index (χ0n) is 14.3. The summed E-state index contributed by atoms with van der Waals surface area (Å²) >= 11 is 0. The fraction of sp³-hybridized carbons (Fsp3) is 0.136. The van der Waals surface area contributed by atoms with Gasteiger partial charge in [-0.25, -0.2) is 9.97 Å². The molecule has 0 fully saturated rings. The van der Waals surface area contributed by atoms with Crippen LogP contribution in [-0.2, 0) is 0 Å². The lowest BCUT2D eigenvalue weighted by Crippen LogP contribution is -1.91. The zero-order chi connectivity index (χ0) is 17.2. The van der Waals surface area contributed by atoms with E-state index in [1.54, 1.807) is 12.5 Å². The van der Waals surface area contributed by atoms with Gasteiger partial charge in [-0.2, -0.15) is 0 Å². The van der Waals surface area contributed by atoms with E-state index in [9.17, 15) is 0 Å². The largest absolute Gasteiger partial charge is 0.264 e.